The monoisotopic (exact) mass is 426 g/mol. The Balaban J connectivity index is 1.72. The van der Waals surface area contributed by atoms with Crippen LogP contribution in [0.15, 0.2) is 42.5 Å². The topological polar surface area (TPSA) is 35.8 Å². The van der Waals surface area contributed by atoms with Crippen molar-refractivity contribution in [1.29, 1.82) is 5.26 Å². The van der Waals surface area contributed by atoms with Crippen molar-refractivity contribution in [2.45, 2.75) is 70.6 Å². The molecule has 0 spiro atoms. The smallest absolute Gasteiger partial charge is 0.130 e. The van der Waals surface area contributed by atoms with Crippen LogP contribution in [0.25, 0.3) is 0 Å². The number of rotatable bonds is 9. The van der Waals surface area contributed by atoms with Gasteiger partial charge in [0.25, 0.3) is 0 Å². The minimum absolute atomic E-state index is 0.00562. The molecule has 2 unspecified atom stereocenters. The van der Waals surface area contributed by atoms with Crippen molar-refractivity contribution in [3.05, 3.63) is 59.7 Å². The van der Waals surface area contributed by atoms with Crippen LogP contribution in [-0.4, -0.2) is 13.1 Å². The van der Waals surface area contributed by atoms with E-state index < -0.39 is 17.0 Å². The van der Waals surface area contributed by atoms with Gasteiger partial charge in [0.15, 0.2) is 0 Å². The molecule has 1 N–H and O–H groups in total. The number of benzene rings is 1. The number of hydrogen-bond acceptors (Lipinski definition) is 2. The Hall–Kier alpha value is -1.99. The summed E-state index contributed by atoms with van der Waals surface area (Å²) in [5, 5.41) is 13.9. The summed E-state index contributed by atoms with van der Waals surface area (Å²) < 4.78 is 29.6. The van der Waals surface area contributed by atoms with Crippen molar-refractivity contribution < 1.29 is 8.78 Å². The van der Waals surface area contributed by atoms with Crippen molar-refractivity contribution >= 4 is 0 Å². The lowest BCUT2D eigenvalue weighted by Crippen LogP contribution is -2.40. The summed E-state index contributed by atoms with van der Waals surface area (Å²) >= 11 is 0. The highest BCUT2D eigenvalue weighted by Gasteiger charge is 2.44. The first-order chi connectivity index (χ1) is 14.9. The Morgan fingerprint density at radius 2 is 1.87 bits per heavy atom. The first-order valence-corrected chi connectivity index (χ1v) is 11.9. The summed E-state index contributed by atoms with van der Waals surface area (Å²) in [7, 11) is 0. The zero-order chi connectivity index (χ0) is 22.3. The third-order valence-corrected chi connectivity index (χ3v) is 7.61. The van der Waals surface area contributed by atoms with Crippen LogP contribution < -0.4 is 5.32 Å². The van der Waals surface area contributed by atoms with Gasteiger partial charge >= 0.3 is 0 Å². The second-order valence-electron chi connectivity index (χ2n) is 9.67. The molecule has 0 radical (unpaired) electrons. The summed E-state index contributed by atoms with van der Waals surface area (Å²) in [5.41, 5.74) is -1.01. The third-order valence-electron chi connectivity index (χ3n) is 7.61. The molecule has 2 atom stereocenters. The Kier molecular flexibility index (Phi) is 8.06. The van der Waals surface area contributed by atoms with Crippen LogP contribution >= 0.6 is 0 Å². The van der Waals surface area contributed by atoms with E-state index in [4.69, 9.17) is 0 Å². The maximum absolute atomic E-state index is 14.8. The second-order valence-corrected chi connectivity index (χ2v) is 9.67. The standard InChI is InChI=1S/C27H36F2N2/c1-21(2)26(15-7-4-8-16-26)20-31-18-10-17-27(19-30,22-11-5-3-6-12-22)25-23(28)13-9-14-24(25)29/h4,7-9,13-15,21-22,31H,3,5-6,10-12,16-18,20H2,1-2H3. The van der Waals surface area contributed by atoms with Crippen molar-refractivity contribution in [3.63, 3.8) is 0 Å². The van der Waals surface area contributed by atoms with Crippen LogP contribution in [0.5, 0.6) is 0 Å². The normalized spacial score (nSPS) is 23.6. The number of nitrogens with zero attached hydrogens (tertiary/aromatic N) is 1. The fraction of sp³-hybridized carbons (Fsp3) is 0.593. The molecule has 2 nitrogen and oxygen atoms in total. The third kappa shape index (κ3) is 5.09. The molecule has 168 valence electrons. The van der Waals surface area contributed by atoms with Crippen LogP contribution in [-0.2, 0) is 5.41 Å². The van der Waals surface area contributed by atoms with E-state index >= 15 is 0 Å². The van der Waals surface area contributed by atoms with Crippen molar-refractivity contribution in [2.24, 2.45) is 17.3 Å². The summed E-state index contributed by atoms with van der Waals surface area (Å²) in [6.07, 6.45) is 15.8. The number of hydrogen-bond donors (Lipinski definition) is 1. The maximum Gasteiger partial charge on any atom is 0.130 e. The Bertz CT molecular complexity index is 812. The molecule has 0 heterocycles. The van der Waals surface area contributed by atoms with Gasteiger partial charge in [-0.2, -0.15) is 5.26 Å². The quantitative estimate of drug-likeness (QED) is 0.439. The van der Waals surface area contributed by atoms with E-state index in [2.05, 4.69) is 49.5 Å². The van der Waals surface area contributed by atoms with E-state index in [0.717, 1.165) is 51.6 Å². The predicted molar refractivity (Wildman–Crippen MR) is 122 cm³/mol. The van der Waals surface area contributed by atoms with Crippen LogP contribution in [0.2, 0.25) is 0 Å². The molecule has 2 aliphatic carbocycles. The molecule has 0 bridgehead atoms. The van der Waals surface area contributed by atoms with Gasteiger partial charge in [0.2, 0.25) is 0 Å². The van der Waals surface area contributed by atoms with Gasteiger partial charge in [-0.3, -0.25) is 0 Å². The molecule has 0 aromatic heterocycles. The predicted octanol–water partition coefficient (Wildman–Crippen LogP) is 6.83. The molecule has 0 saturated heterocycles. The highest BCUT2D eigenvalue weighted by atomic mass is 19.1. The molecule has 0 amide bonds. The maximum atomic E-state index is 14.8. The van der Waals surface area contributed by atoms with Gasteiger partial charge in [-0.15, -0.1) is 0 Å². The zero-order valence-electron chi connectivity index (χ0n) is 19.0. The second kappa shape index (κ2) is 10.6. The molecule has 4 heteroatoms. The highest BCUT2D eigenvalue weighted by Crippen LogP contribution is 2.45. The van der Waals surface area contributed by atoms with Gasteiger partial charge in [0, 0.05) is 17.5 Å². The lowest BCUT2D eigenvalue weighted by Gasteiger charge is -2.39. The summed E-state index contributed by atoms with van der Waals surface area (Å²) in [5.74, 6) is -0.656. The minimum Gasteiger partial charge on any atom is -0.316 e. The van der Waals surface area contributed by atoms with Crippen LogP contribution in [0.4, 0.5) is 8.78 Å². The van der Waals surface area contributed by atoms with Gasteiger partial charge in [0.1, 0.15) is 11.6 Å². The van der Waals surface area contributed by atoms with Gasteiger partial charge in [-0.05, 0) is 62.6 Å². The molecular weight excluding hydrogens is 390 g/mol. The Morgan fingerprint density at radius 3 is 2.45 bits per heavy atom. The zero-order valence-corrected chi connectivity index (χ0v) is 19.0. The SMILES string of the molecule is CC(C)C1(CNCCCC(C#N)(c2c(F)cccc2F)C2CCCCC2)C=CC=CC1. The molecule has 1 fully saturated rings. The number of halogens is 2. The van der Waals surface area contributed by atoms with Crippen LogP contribution in [0.3, 0.4) is 0 Å². The van der Waals surface area contributed by atoms with Crippen molar-refractivity contribution in [2.75, 3.05) is 13.1 Å². The fourth-order valence-corrected chi connectivity index (χ4v) is 5.51. The molecule has 0 aliphatic heterocycles. The molecular formula is C27H36F2N2. The largest absolute Gasteiger partial charge is 0.316 e. The van der Waals surface area contributed by atoms with E-state index in [1.54, 1.807) is 0 Å². The average Bonchev–Trinajstić information content (AvgIpc) is 2.78. The van der Waals surface area contributed by atoms with Crippen molar-refractivity contribution in [1.82, 2.24) is 5.32 Å². The molecule has 1 aromatic carbocycles. The Morgan fingerprint density at radius 1 is 1.16 bits per heavy atom. The molecule has 2 aliphatic rings. The Labute approximate surface area is 186 Å². The van der Waals surface area contributed by atoms with E-state index in [1.165, 1.54) is 18.2 Å². The van der Waals surface area contributed by atoms with Gasteiger partial charge in [-0.25, -0.2) is 8.78 Å². The van der Waals surface area contributed by atoms with E-state index in [9.17, 15) is 14.0 Å². The molecule has 31 heavy (non-hydrogen) atoms. The molecule has 1 saturated carbocycles. The fourth-order valence-electron chi connectivity index (χ4n) is 5.51. The number of nitrogens with one attached hydrogen (secondary N) is 1. The minimum atomic E-state index is -1.10. The molecule has 3 rings (SSSR count). The number of nitriles is 1. The van der Waals surface area contributed by atoms with Crippen LogP contribution in [0, 0.1) is 40.2 Å². The van der Waals surface area contributed by atoms with Gasteiger partial charge < -0.3 is 5.32 Å². The summed E-state index contributed by atoms with van der Waals surface area (Å²) in [6.45, 7) is 6.09. The average molecular weight is 427 g/mol. The highest BCUT2D eigenvalue weighted by molar-refractivity contribution is 5.36. The van der Waals surface area contributed by atoms with E-state index in [1.807, 2.05) is 0 Å². The lowest BCUT2D eigenvalue weighted by molar-refractivity contribution is 0.220. The first kappa shape index (κ1) is 23.7. The summed E-state index contributed by atoms with van der Waals surface area (Å²) in [6, 6.07) is 6.39. The first-order valence-electron chi connectivity index (χ1n) is 11.9. The number of allylic oxidation sites excluding steroid dienone is 3. The van der Waals surface area contributed by atoms with Gasteiger partial charge in [0.05, 0.1) is 11.5 Å². The van der Waals surface area contributed by atoms with E-state index in [-0.39, 0.29) is 16.9 Å². The van der Waals surface area contributed by atoms with Crippen molar-refractivity contribution in [3.8, 4) is 6.07 Å². The van der Waals surface area contributed by atoms with E-state index in [0.29, 0.717) is 18.8 Å². The summed E-state index contributed by atoms with van der Waals surface area (Å²) in [4.78, 5) is 0. The molecule has 1 aromatic rings. The van der Waals surface area contributed by atoms with Crippen LogP contribution in [0.1, 0.15) is 70.8 Å². The van der Waals surface area contributed by atoms with Gasteiger partial charge in [-0.1, -0.05) is 63.5 Å². The lowest BCUT2D eigenvalue weighted by atomic mass is 9.63.